The van der Waals surface area contributed by atoms with Gasteiger partial charge >= 0.3 is 0 Å². The number of carbonyl (C=O) groups excluding carboxylic acids is 1. The minimum Gasteiger partial charge on any atom is -0.339 e. The second-order valence-electron chi connectivity index (χ2n) is 11.0. The molecule has 0 spiro atoms. The number of hydrogen-bond acceptors (Lipinski definition) is 6. The van der Waals surface area contributed by atoms with E-state index in [0.29, 0.717) is 30.3 Å². The molecule has 0 N–H and O–H groups in total. The summed E-state index contributed by atoms with van der Waals surface area (Å²) in [6.07, 6.45) is 6.71. The molecule has 6 rings (SSSR count). The number of aromatic nitrogens is 5. The molecule has 0 unspecified atom stereocenters. The van der Waals surface area contributed by atoms with Crippen molar-refractivity contribution in [2.75, 3.05) is 13.1 Å². The van der Waals surface area contributed by atoms with Gasteiger partial charge in [0.25, 0.3) is 11.6 Å². The van der Waals surface area contributed by atoms with Crippen LogP contribution in [-0.4, -0.2) is 48.6 Å². The first-order chi connectivity index (χ1) is 16.4. The molecule has 0 aromatic carbocycles. The van der Waals surface area contributed by atoms with Crippen LogP contribution in [0, 0.1) is 5.41 Å². The Morgan fingerprint density at radius 2 is 1.88 bits per heavy atom. The molecular weight excluding hydrogens is 428 g/mol. The van der Waals surface area contributed by atoms with Crippen molar-refractivity contribution in [2.24, 2.45) is 5.41 Å². The van der Waals surface area contributed by atoms with Gasteiger partial charge in [0.15, 0.2) is 5.65 Å². The van der Waals surface area contributed by atoms with Gasteiger partial charge in [-0.2, -0.15) is 0 Å². The predicted octanol–water partition coefficient (Wildman–Crippen LogP) is 4.75. The number of amides is 1. The Hall–Kier alpha value is -3.29. The van der Waals surface area contributed by atoms with Gasteiger partial charge in [-0.1, -0.05) is 32.0 Å². The van der Waals surface area contributed by atoms with Crippen LogP contribution in [0.3, 0.4) is 0 Å². The summed E-state index contributed by atoms with van der Waals surface area (Å²) >= 11 is 0. The van der Waals surface area contributed by atoms with E-state index < -0.39 is 0 Å². The minimum atomic E-state index is 0.0264. The molecule has 5 heterocycles. The lowest BCUT2D eigenvalue weighted by Crippen LogP contribution is -2.38. The molecule has 1 amide bonds. The molecule has 1 saturated heterocycles. The van der Waals surface area contributed by atoms with Gasteiger partial charge in [-0.3, -0.25) is 9.20 Å². The Morgan fingerprint density at radius 3 is 2.62 bits per heavy atom. The number of likely N-dealkylation sites (tertiary alicyclic amines) is 1. The second-order valence-corrected chi connectivity index (χ2v) is 11.0. The fraction of sp³-hybridized carbons (Fsp3) is 0.500. The number of pyridine rings is 2. The summed E-state index contributed by atoms with van der Waals surface area (Å²) in [6.45, 7) is 7.88. The van der Waals surface area contributed by atoms with E-state index in [0.717, 1.165) is 60.3 Å². The molecule has 176 valence electrons. The Kier molecular flexibility index (Phi) is 4.93. The van der Waals surface area contributed by atoms with Crippen molar-refractivity contribution in [1.82, 2.24) is 29.6 Å². The van der Waals surface area contributed by atoms with Crippen LogP contribution in [0.2, 0.25) is 0 Å². The maximum atomic E-state index is 13.8. The van der Waals surface area contributed by atoms with E-state index in [1.807, 2.05) is 35.4 Å². The molecule has 0 bridgehead atoms. The van der Waals surface area contributed by atoms with Gasteiger partial charge < -0.3 is 9.42 Å². The van der Waals surface area contributed by atoms with Crippen LogP contribution in [0.5, 0.6) is 0 Å². The van der Waals surface area contributed by atoms with Gasteiger partial charge in [-0.15, -0.1) is 10.2 Å². The van der Waals surface area contributed by atoms with Gasteiger partial charge in [-0.05, 0) is 55.7 Å². The lowest BCUT2D eigenvalue weighted by molar-refractivity contribution is 0.0712. The molecule has 1 aliphatic heterocycles. The number of fused-ring (bicyclic) bond motifs is 2. The SMILES string of the molecule is CC(C)(C)Cc1noc2nc(C3CC3)cc(C(=O)N3CCC(c4nnc5ccccn45)CC3)c12. The standard InChI is InChI=1S/C26H30N6O2/c1-26(2,3)15-20-22-18(14-19(16-7-8-16)27-24(22)34-30-20)25(33)31-12-9-17(10-13-31)23-29-28-21-6-4-5-11-32(21)23/h4-6,11,14,16-17H,7-10,12-13,15H2,1-3H3. The number of piperidine rings is 1. The second kappa shape index (κ2) is 7.89. The van der Waals surface area contributed by atoms with Crippen molar-refractivity contribution in [3.8, 4) is 0 Å². The molecule has 0 radical (unpaired) electrons. The summed E-state index contributed by atoms with van der Waals surface area (Å²) < 4.78 is 7.71. The zero-order chi connectivity index (χ0) is 23.4. The molecule has 2 aliphatic rings. The largest absolute Gasteiger partial charge is 0.339 e. The molecule has 34 heavy (non-hydrogen) atoms. The Bertz CT molecular complexity index is 1370. The van der Waals surface area contributed by atoms with Crippen molar-refractivity contribution in [3.63, 3.8) is 0 Å². The first-order valence-corrected chi connectivity index (χ1v) is 12.3. The van der Waals surface area contributed by atoms with E-state index in [1.54, 1.807) is 0 Å². The number of rotatable bonds is 4. The van der Waals surface area contributed by atoms with E-state index >= 15 is 0 Å². The average molecular weight is 459 g/mol. The molecule has 0 atom stereocenters. The van der Waals surface area contributed by atoms with Crippen molar-refractivity contribution < 1.29 is 9.32 Å². The summed E-state index contributed by atoms with van der Waals surface area (Å²) in [5, 5.41) is 13.9. The molecule has 8 nitrogen and oxygen atoms in total. The highest BCUT2D eigenvalue weighted by Gasteiger charge is 2.33. The van der Waals surface area contributed by atoms with E-state index in [2.05, 4.69) is 40.5 Å². The van der Waals surface area contributed by atoms with Crippen LogP contribution in [0.1, 0.15) is 85.9 Å². The zero-order valence-corrected chi connectivity index (χ0v) is 20.0. The molecular formula is C26H30N6O2. The van der Waals surface area contributed by atoms with Crippen molar-refractivity contribution in [3.05, 3.63) is 53.2 Å². The van der Waals surface area contributed by atoms with E-state index in [-0.39, 0.29) is 17.2 Å². The third-order valence-corrected chi connectivity index (χ3v) is 6.95. The lowest BCUT2D eigenvalue weighted by atomic mass is 9.89. The molecule has 1 saturated carbocycles. The molecule has 1 aliphatic carbocycles. The van der Waals surface area contributed by atoms with Crippen LogP contribution in [0.15, 0.2) is 35.0 Å². The monoisotopic (exact) mass is 458 g/mol. The van der Waals surface area contributed by atoms with Crippen molar-refractivity contribution >= 4 is 22.7 Å². The molecule has 4 aromatic heterocycles. The fourth-order valence-electron chi connectivity index (χ4n) is 5.06. The Morgan fingerprint density at radius 1 is 1.09 bits per heavy atom. The first kappa shape index (κ1) is 21.3. The van der Waals surface area contributed by atoms with E-state index in [1.165, 1.54) is 0 Å². The third kappa shape index (κ3) is 3.85. The van der Waals surface area contributed by atoms with Crippen LogP contribution in [-0.2, 0) is 6.42 Å². The summed E-state index contributed by atoms with van der Waals surface area (Å²) in [6, 6.07) is 7.94. The summed E-state index contributed by atoms with van der Waals surface area (Å²) in [5.74, 6) is 1.75. The summed E-state index contributed by atoms with van der Waals surface area (Å²) in [7, 11) is 0. The highest BCUT2D eigenvalue weighted by atomic mass is 16.5. The van der Waals surface area contributed by atoms with E-state index in [9.17, 15) is 4.79 Å². The summed E-state index contributed by atoms with van der Waals surface area (Å²) in [5.41, 5.74) is 3.86. The van der Waals surface area contributed by atoms with Crippen molar-refractivity contribution in [2.45, 2.75) is 64.7 Å². The Balaban J connectivity index is 1.29. The summed E-state index contributed by atoms with van der Waals surface area (Å²) in [4.78, 5) is 20.5. The molecule has 8 heteroatoms. The quantitative estimate of drug-likeness (QED) is 0.438. The molecule has 4 aromatic rings. The van der Waals surface area contributed by atoms with Gasteiger partial charge in [0.1, 0.15) is 5.82 Å². The maximum absolute atomic E-state index is 13.8. The zero-order valence-electron chi connectivity index (χ0n) is 20.0. The number of nitrogens with zero attached hydrogens (tertiary/aromatic N) is 6. The van der Waals surface area contributed by atoms with Gasteiger partial charge in [0, 0.05) is 36.8 Å². The number of hydrogen-bond donors (Lipinski definition) is 0. The predicted molar refractivity (Wildman–Crippen MR) is 128 cm³/mol. The molecule has 2 fully saturated rings. The first-order valence-electron chi connectivity index (χ1n) is 12.3. The highest BCUT2D eigenvalue weighted by Crippen LogP contribution is 2.41. The van der Waals surface area contributed by atoms with E-state index in [4.69, 9.17) is 9.51 Å². The third-order valence-electron chi connectivity index (χ3n) is 6.95. The Labute approximate surface area is 198 Å². The van der Waals surface area contributed by atoms with Gasteiger partial charge in [-0.25, -0.2) is 4.98 Å². The van der Waals surface area contributed by atoms with Crippen LogP contribution < -0.4 is 0 Å². The van der Waals surface area contributed by atoms with Gasteiger partial charge in [0.2, 0.25) is 0 Å². The fourth-order valence-corrected chi connectivity index (χ4v) is 5.06. The van der Waals surface area contributed by atoms with Crippen molar-refractivity contribution in [1.29, 1.82) is 0 Å². The normalized spacial score (nSPS) is 17.7. The van der Waals surface area contributed by atoms with Crippen LogP contribution in [0.4, 0.5) is 0 Å². The maximum Gasteiger partial charge on any atom is 0.259 e. The van der Waals surface area contributed by atoms with Crippen LogP contribution >= 0.6 is 0 Å². The minimum absolute atomic E-state index is 0.0264. The van der Waals surface area contributed by atoms with Gasteiger partial charge in [0.05, 0.1) is 16.6 Å². The number of carbonyl (C=O) groups is 1. The average Bonchev–Trinajstić information content (AvgIpc) is 3.48. The van der Waals surface area contributed by atoms with Crippen LogP contribution in [0.25, 0.3) is 16.7 Å². The smallest absolute Gasteiger partial charge is 0.259 e. The lowest BCUT2D eigenvalue weighted by Gasteiger charge is -2.31. The highest BCUT2D eigenvalue weighted by molar-refractivity contribution is 6.06. The topological polar surface area (TPSA) is 89.4 Å².